The molecule has 1 aromatic heterocycles. The van der Waals surface area contributed by atoms with Crippen LogP contribution in [0.15, 0.2) is 42.6 Å². The minimum Gasteiger partial charge on any atom is -0.399 e. The topological polar surface area (TPSA) is 43.4 Å². The Kier molecular flexibility index (Phi) is 4.41. The van der Waals surface area contributed by atoms with Crippen LogP contribution in [-0.2, 0) is 15.9 Å². The molecule has 2 heterocycles. The maximum Gasteiger partial charge on any atom is 0.496 e. The lowest BCUT2D eigenvalue weighted by Gasteiger charge is -2.32. The van der Waals surface area contributed by atoms with E-state index in [1.165, 1.54) is 11.1 Å². The summed E-state index contributed by atoms with van der Waals surface area (Å²) in [4.78, 5) is 4.48. The van der Waals surface area contributed by atoms with Gasteiger partial charge < -0.3 is 14.6 Å². The first kappa shape index (κ1) is 17.0. The smallest absolute Gasteiger partial charge is 0.399 e. The van der Waals surface area contributed by atoms with Crippen LogP contribution in [0, 0.1) is 6.92 Å². The van der Waals surface area contributed by atoms with Gasteiger partial charge in [0.2, 0.25) is 0 Å². The lowest BCUT2D eigenvalue weighted by atomic mass is 9.80. The predicted molar refractivity (Wildman–Crippen MR) is 98.5 cm³/mol. The summed E-state index contributed by atoms with van der Waals surface area (Å²) in [7, 11) is -0.367. The van der Waals surface area contributed by atoms with Crippen molar-refractivity contribution < 1.29 is 9.31 Å². The largest absolute Gasteiger partial charge is 0.496 e. The van der Waals surface area contributed by atoms with Crippen LogP contribution in [0.1, 0.15) is 38.8 Å². The molecule has 2 aromatic rings. The van der Waals surface area contributed by atoms with Crippen molar-refractivity contribution in [2.45, 2.75) is 52.4 Å². The fraction of sp³-hybridized carbons (Fsp3) is 0.421. The predicted octanol–water partition coefficient (Wildman–Crippen LogP) is 3.30. The molecule has 0 amide bonds. The Morgan fingerprint density at radius 3 is 2.12 bits per heavy atom. The van der Waals surface area contributed by atoms with Crippen molar-refractivity contribution in [3.8, 4) is 0 Å². The zero-order valence-corrected chi connectivity index (χ0v) is 15.1. The first-order valence-corrected chi connectivity index (χ1v) is 8.38. The molecule has 0 saturated carbocycles. The van der Waals surface area contributed by atoms with Crippen LogP contribution in [0.2, 0.25) is 0 Å². The van der Waals surface area contributed by atoms with Crippen LogP contribution in [0.4, 0.5) is 5.82 Å². The maximum atomic E-state index is 6.05. The Labute approximate surface area is 144 Å². The third kappa shape index (κ3) is 3.47. The molecule has 0 bridgehead atoms. The molecule has 1 fully saturated rings. The Hall–Kier alpha value is -1.85. The van der Waals surface area contributed by atoms with E-state index in [0.29, 0.717) is 0 Å². The zero-order chi connectivity index (χ0) is 17.4. The number of nitrogens with zero attached hydrogens (tertiary/aromatic N) is 1. The lowest BCUT2D eigenvalue weighted by molar-refractivity contribution is 0.00578. The monoisotopic (exact) mass is 324 g/mol. The van der Waals surface area contributed by atoms with Crippen molar-refractivity contribution in [3.05, 3.63) is 53.7 Å². The minimum absolute atomic E-state index is 0.333. The van der Waals surface area contributed by atoms with E-state index in [1.54, 1.807) is 0 Å². The number of hydrogen-bond acceptors (Lipinski definition) is 4. The summed E-state index contributed by atoms with van der Waals surface area (Å²) in [6.07, 6.45) is 1.82. The number of aryl methyl sites for hydroxylation is 1. The average Bonchev–Trinajstić information content (AvgIpc) is 2.75. The Morgan fingerprint density at radius 1 is 0.958 bits per heavy atom. The fourth-order valence-corrected chi connectivity index (χ4v) is 2.53. The average molecular weight is 324 g/mol. The van der Waals surface area contributed by atoms with Crippen LogP contribution in [0.5, 0.6) is 0 Å². The molecule has 1 aliphatic heterocycles. The Balaban J connectivity index is 1.63. The van der Waals surface area contributed by atoms with Gasteiger partial charge in [0.05, 0.1) is 11.2 Å². The molecule has 0 unspecified atom stereocenters. The molecule has 0 atom stereocenters. The Bertz CT molecular complexity index is 680. The molecule has 0 aliphatic carbocycles. The summed E-state index contributed by atoms with van der Waals surface area (Å²) in [5, 5.41) is 3.34. The molecule has 5 heteroatoms. The van der Waals surface area contributed by atoms with E-state index >= 15 is 0 Å². The van der Waals surface area contributed by atoms with Gasteiger partial charge in [0.25, 0.3) is 0 Å². The summed E-state index contributed by atoms with van der Waals surface area (Å²) in [5.41, 5.74) is 2.77. The van der Waals surface area contributed by atoms with E-state index in [2.05, 4.69) is 69.2 Å². The molecular formula is C19H25BN2O2. The van der Waals surface area contributed by atoms with Gasteiger partial charge >= 0.3 is 7.12 Å². The molecule has 1 N–H and O–H groups in total. The van der Waals surface area contributed by atoms with Gasteiger partial charge in [-0.25, -0.2) is 4.98 Å². The highest BCUT2D eigenvalue weighted by molar-refractivity contribution is 6.62. The second-order valence-corrected chi connectivity index (χ2v) is 7.40. The molecule has 4 nitrogen and oxygen atoms in total. The molecule has 0 spiro atoms. The standard InChI is InChI=1S/C19H25BN2O2/c1-14-6-8-15(9-7-14)12-21-17-11-10-16(13-22-17)20-23-18(2,3)19(4,5)24-20/h6-11,13H,12H2,1-5H3,(H,21,22). The van der Waals surface area contributed by atoms with Crippen molar-refractivity contribution in [1.29, 1.82) is 0 Å². The minimum atomic E-state index is -0.367. The first-order chi connectivity index (χ1) is 11.3. The molecule has 1 saturated heterocycles. The van der Waals surface area contributed by atoms with E-state index < -0.39 is 0 Å². The fourth-order valence-electron chi connectivity index (χ4n) is 2.53. The second-order valence-electron chi connectivity index (χ2n) is 7.40. The van der Waals surface area contributed by atoms with Crippen molar-refractivity contribution in [3.63, 3.8) is 0 Å². The van der Waals surface area contributed by atoms with E-state index in [4.69, 9.17) is 9.31 Å². The van der Waals surface area contributed by atoms with E-state index in [1.807, 2.05) is 18.3 Å². The second kappa shape index (κ2) is 6.23. The summed E-state index contributed by atoms with van der Waals surface area (Å²) < 4.78 is 12.1. The third-order valence-corrected chi connectivity index (χ3v) is 4.91. The van der Waals surface area contributed by atoms with E-state index in [-0.39, 0.29) is 18.3 Å². The van der Waals surface area contributed by atoms with Gasteiger partial charge in [-0.2, -0.15) is 0 Å². The lowest BCUT2D eigenvalue weighted by Crippen LogP contribution is -2.41. The SMILES string of the molecule is Cc1ccc(CNc2ccc(B3OC(C)(C)C(C)(C)O3)cn2)cc1. The van der Waals surface area contributed by atoms with Gasteiger partial charge in [-0.05, 0) is 46.2 Å². The number of benzene rings is 1. The number of pyridine rings is 1. The van der Waals surface area contributed by atoms with E-state index in [0.717, 1.165) is 17.8 Å². The number of aromatic nitrogens is 1. The van der Waals surface area contributed by atoms with Gasteiger partial charge in [0.15, 0.2) is 0 Å². The maximum absolute atomic E-state index is 6.05. The van der Waals surface area contributed by atoms with Crippen molar-refractivity contribution in [1.82, 2.24) is 4.98 Å². The number of anilines is 1. The molecule has 1 aromatic carbocycles. The summed E-state index contributed by atoms with van der Waals surface area (Å²) in [5.74, 6) is 0.843. The molecule has 0 radical (unpaired) electrons. The van der Waals surface area contributed by atoms with Crippen LogP contribution in [-0.4, -0.2) is 23.3 Å². The van der Waals surface area contributed by atoms with Gasteiger partial charge in [-0.1, -0.05) is 35.9 Å². The van der Waals surface area contributed by atoms with Gasteiger partial charge in [0.1, 0.15) is 5.82 Å². The number of rotatable bonds is 4. The van der Waals surface area contributed by atoms with Crippen molar-refractivity contribution in [2.75, 3.05) is 5.32 Å². The highest BCUT2D eigenvalue weighted by Gasteiger charge is 2.51. The molecule has 3 rings (SSSR count). The summed E-state index contributed by atoms with van der Waals surface area (Å²) >= 11 is 0. The molecule has 24 heavy (non-hydrogen) atoms. The van der Waals surface area contributed by atoms with Crippen LogP contribution in [0.3, 0.4) is 0 Å². The highest BCUT2D eigenvalue weighted by atomic mass is 16.7. The van der Waals surface area contributed by atoms with Crippen LogP contribution in [0.25, 0.3) is 0 Å². The molecular weight excluding hydrogens is 299 g/mol. The van der Waals surface area contributed by atoms with Crippen molar-refractivity contribution in [2.24, 2.45) is 0 Å². The Morgan fingerprint density at radius 2 is 1.58 bits per heavy atom. The van der Waals surface area contributed by atoms with Crippen LogP contribution >= 0.6 is 0 Å². The van der Waals surface area contributed by atoms with Gasteiger partial charge in [-0.15, -0.1) is 0 Å². The van der Waals surface area contributed by atoms with Gasteiger partial charge in [0, 0.05) is 18.2 Å². The number of hydrogen-bond donors (Lipinski definition) is 1. The van der Waals surface area contributed by atoms with Crippen LogP contribution < -0.4 is 10.8 Å². The van der Waals surface area contributed by atoms with Crippen molar-refractivity contribution >= 4 is 18.4 Å². The highest BCUT2D eigenvalue weighted by Crippen LogP contribution is 2.36. The summed E-state index contributed by atoms with van der Waals surface area (Å²) in [6.45, 7) is 11.1. The van der Waals surface area contributed by atoms with Gasteiger partial charge in [-0.3, -0.25) is 0 Å². The molecule has 1 aliphatic rings. The normalized spacial score (nSPS) is 18.6. The number of nitrogens with one attached hydrogen (secondary N) is 1. The quantitative estimate of drug-likeness (QED) is 0.877. The first-order valence-electron chi connectivity index (χ1n) is 8.38. The summed E-state index contributed by atoms with van der Waals surface area (Å²) in [6, 6.07) is 12.5. The molecule has 126 valence electrons. The zero-order valence-electron chi connectivity index (χ0n) is 15.1. The third-order valence-electron chi connectivity index (χ3n) is 4.91. The van der Waals surface area contributed by atoms with E-state index in [9.17, 15) is 0 Å².